The number of carbonyl (C=O) groups excluding carboxylic acids is 4. The number of ketones is 2. The Labute approximate surface area is 336 Å². The number of benzene rings is 3. The van der Waals surface area contributed by atoms with Crippen LogP contribution < -0.4 is 10.6 Å². The smallest absolute Gasteiger partial charge is 0.250 e. The second-order valence-electron chi connectivity index (χ2n) is 12.8. The first-order chi connectivity index (χ1) is 26.9. The van der Waals surface area contributed by atoms with Gasteiger partial charge in [0.15, 0.2) is 11.6 Å². The Morgan fingerprint density at radius 3 is 1.80 bits per heavy atom. The molecule has 0 saturated heterocycles. The number of ether oxygens (including phenoxy) is 3. The Kier molecular flexibility index (Phi) is 23.7. The Balaban J connectivity index is 0.00000379. The van der Waals surface area contributed by atoms with Gasteiger partial charge in [-0.25, -0.2) is 0 Å². The van der Waals surface area contributed by atoms with Gasteiger partial charge >= 0.3 is 0 Å². The van der Waals surface area contributed by atoms with E-state index in [4.69, 9.17) is 23.7 Å². The normalized spacial score (nSPS) is 13.0. The fourth-order valence-electron chi connectivity index (χ4n) is 6.30. The van der Waals surface area contributed by atoms with Crippen molar-refractivity contribution in [3.63, 3.8) is 0 Å². The maximum Gasteiger partial charge on any atom is 0.250 e. The molecule has 0 aliphatic carbocycles. The number of hydrogen-bond donors (Lipinski definition) is 3. The molecule has 304 valence electrons. The molecule has 4 atom stereocenters. The van der Waals surface area contributed by atoms with Gasteiger partial charge in [0.2, 0.25) is 11.8 Å². The summed E-state index contributed by atoms with van der Waals surface area (Å²) >= 11 is 0. The standard InChI is InChI=1S/C43H54N2O7.H3OP.HOP/c1-10-19-27(4)38(30(7)31(8)40(48)42(51-11-2)33-20-15-13-16-21-33)44-35(46)25-50-26-36(47)45-39-29(6)24-28(5)37(32(39)9)41(49)43(52-12-3)34-22-17-14-18-23-34;2*1-2/h13-24,31,42-43H,10-12,25-26H2,1-9H3,(H,44,46)(H,45,47);1H,2H2;2H/b27-19-,38-30+;;. The number of Topliss-reactive ketones (excluding diaryl/α,β-unsaturated/α-hetero) is 2. The number of amides is 2. The van der Waals surface area contributed by atoms with Gasteiger partial charge in [0.05, 0.1) is 0 Å². The van der Waals surface area contributed by atoms with E-state index >= 15 is 0 Å². The van der Waals surface area contributed by atoms with Gasteiger partial charge in [-0.15, -0.1) is 0 Å². The number of anilines is 1. The van der Waals surface area contributed by atoms with E-state index in [1.54, 1.807) is 16.0 Å². The monoisotopic (exact) mass is 808 g/mol. The molecule has 56 heavy (non-hydrogen) atoms. The molecular formula is C43H58N2O9P2. The van der Waals surface area contributed by atoms with Crippen LogP contribution in [0.15, 0.2) is 89.6 Å². The SMILES string of the molecule is CC/C=C(C)\C(NC(=O)COCC(=O)Nc1c(C)cc(C)c(C(=O)C(OCC)c2ccccc2)c1C)=C(\C)C(C)C(=O)C(OCC)c1ccccc1.O=P.OP. The Morgan fingerprint density at radius 1 is 0.786 bits per heavy atom. The lowest BCUT2D eigenvalue weighted by Gasteiger charge is -2.23. The molecule has 3 aromatic rings. The van der Waals surface area contributed by atoms with Crippen LogP contribution >= 0.6 is 18.6 Å². The summed E-state index contributed by atoms with van der Waals surface area (Å²) in [5, 5.41) is 5.81. The van der Waals surface area contributed by atoms with E-state index in [0.717, 1.165) is 34.2 Å². The van der Waals surface area contributed by atoms with Crippen LogP contribution in [0.25, 0.3) is 0 Å². The number of rotatable bonds is 19. The van der Waals surface area contributed by atoms with Gasteiger partial charge in [0.25, 0.3) is 0 Å². The lowest BCUT2D eigenvalue weighted by Crippen LogP contribution is -2.32. The molecule has 0 aromatic heterocycles. The first-order valence-corrected chi connectivity index (χ1v) is 19.3. The van der Waals surface area contributed by atoms with Gasteiger partial charge in [-0.05, 0) is 103 Å². The summed E-state index contributed by atoms with van der Waals surface area (Å²) in [5.41, 5.74) is 6.75. The highest BCUT2D eigenvalue weighted by molar-refractivity contribution is 7.08. The van der Waals surface area contributed by atoms with E-state index in [2.05, 4.69) is 10.6 Å². The quantitative estimate of drug-likeness (QED) is 0.0614. The van der Waals surface area contributed by atoms with Crippen LogP contribution in [0.2, 0.25) is 0 Å². The van der Waals surface area contributed by atoms with Gasteiger partial charge in [0, 0.05) is 36.1 Å². The molecule has 13 heteroatoms. The number of aryl methyl sites for hydroxylation is 2. The maximum absolute atomic E-state index is 13.9. The van der Waals surface area contributed by atoms with Crippen molar-refractivity contribution in [3.8, 4) is 0 Å². The highest BCUT2D eigenvalue weighted by atomic mass is 31.0. The van der Waals surface area contributed by atoms with E-state index in [9.17, 15) is 19.2 Å². The maximum atomic E-state index is 13.9. The van der Waals surface area contributed by atoms with Crippen molar-refractivity contribution in [1.82, 2.24) is 5.32 Å². The summed E-state index contributed by atoms with van der Waals surface area (Å²) in [6, 6.07) is 20.6. The molecule has 0 aliphatic heterocycles. The van der Waals surface area contributed by atoms with Crippen molar-refractivity contribution < 1.29 is 42.8 Å². The third-order valence-electron chi connectivity index (χ3n) is 8.96. The molecule has 3 aromatic carbocycles. The molecule has 2 amide bonds. The molecule has 0 radical (unpaired) electrons. The highest BCUT2D eigenvalue weighted by Crippen LogP contribution is 2.32. The summed E-state index contributed by atoms with van der Waals surface area (Å²) in [6.07, 6.45) is 1.18. The zero-order chi connectivity index (χ0) is 42.4. The molecule has 3 rings (SSSR count). The lowest BCUT2D eigenvalue weighted by molar-refractivity contribution is -0.133. The van der Waals surface area contributed by atoms with Crippen LogP contribution in [0, 0.1) is 26.7 Å². The topological polar surface area (TPSA) is 157 Å². The van der Waals surface area contributed by atoms with E-state index in [-0.39, 0.29) is 18.2 Å². The molecule has 0 aliphatic rings. The largest absolute Gasteiger partial charge is 0.380 e. The summed E-state index contributed by atoms with van der Waals surface area (Å²) in [4.78, 5) is 60.8. The first kappa shape index (κ1) is 49.8. The van der Waals surface area contributed by atoms with Gasteiger partial charge in [-0.2, -0.15) is 0 Å². The molecule has 4 unspecified atom stereocenters. The van der Waals surface area contributed by atoms with Crippen molar-refractivity contribution in [3.05, 3.63) is 123 Å². The van der Waals surface area contributed by atoms with Crippen LogP contribution in [0.5, 0.6) is 0 Å². The van der Waals surface area contributed by atoms with E-state index < -0.39 is 36.5 Å². The Hall–Kier alpha value is -4.21. The predicted molar refractivity (Wildman–Crippen MR) is 226 cm³/mol. The third-order valence-corrected chi connectivity index (χ3v) is 8.96. The third kappa shape index (κ3) is 14.4. The van der Waals surface area contributed by atoms with E-state index in [1.165, 1.54) is 9.47 Å². The summed E-state index contributed by atoms with van der Waals surface area (Å²) in [5.74, 6) is -1.80. The van der Waals surface area contributed by atoms with Crippen LogP contribution in [0.4, 0.5) is 5.69 Å². The predicted octanol–water partition coefficient (Wildman–Crippen LogP) is 8.50. The lowest BCUT2D eigenvalue weighted by atomic mass is 9.88. The molecule has 0 fully saturated rings. The number of carbonyl (C=O) groups is 4. The van der Waals surface area contributed by atoms with Gasteiger partial charge in [-0.1, -0.05) is 86.7 Å². The van der Waals surface area contributed by atoms with Crippen LogP contribution in [-0.4, -0.2) is 54.7 Å². The van der Waals surface area contributed by atoms with Crippen LogP contribution in [0.3, 0.4) is 0 Å². The summed E-state index contributed by atoms with van der Waals surface area (Å²) in [7, 11) is 3.14. The zero-order valence-electron chi connectivity index (χ0n) is 34.0. The fourth-order valence-corrected chi connectivity index (χ4v) is 6.30. The second-order valence-corrected chi connectivity index (χ2v) is 12.8. The van der Waals surface area contributed by atoms with Crippen molar-refractivity contribution in [2.75, 3.05) is 31.7 Å². The second kappa shape index (κ2) is 26.6. The Bertz CT molecular complexity index is 1800. The Morgan fingerprint density at radius 2 is 1.29 bits per heavy atom. The van der Waals surface area contributed by atoms with Crippen LogP contribution in [-0.2, 0) is 33.2 Å². The van der Waals surface area contributed by atoms with E-state index in [0.29, 0.717) is 41.3 Å². The number of allylic oxidation sites excluding steroid dienone is 3. The van der Waals surface area contributed by atoms with Gasteiger partial charge < -0.3 is 29.7 Å². The van der Waals surface area contributed by atoms with Gasteiger partial charge in [0.1, 0.15) is 34.5 Å². The van der Waals surface area contributed by atoms with Gasteiger partial charge in [-0.3, -0.25) is 23.7 Å². The highest BCUT2D eigenvalue weighted by Gasteiger charge is 2.30. The van der Waals surface area contributed by atoms with Crippen molar-refractivity contribution in [2.45, 2.75) is 80.9 Å². The first-order valence-electron chi connectivity index (χ1n) is 18.4. The zero-order valence-corrected chi connectivity index (χ0v) is 36.1. The van der Waals surface area contributed by atoms with Crippen molar-refractivity contribution in [2.24, 2.45) is 5.92 Å². The van der Waals surface area contributed by atoms with Crippen molar-refractivity contribution in [1.29, 1.82) is 0 Å². The minimum absolute atomic E-state index is 0.116. The summed E-state index contributed by atoms with van der Waals surface area (Å²) < 4.78 is 25.4. The molecule has 0 heterocycles. The molecular weight excluding hydrogens is 750 g/mol. The average molecular weight is 809 g/mol. The molecule has 0 bridgehead atoms. The minimum atomic E-state index is -0.786. The molecule has 11 nitrogen and oxygen atoms in total. The number of hydrogen-bond acceptors (Lipinski definition) is 9. The fraction of sp³-hybridized carbons (Fsp3) is 0.395. The molecule has 0 saturated carbocycles. The van der Waals surface area contributed by atoms with E-state index in [1.807, 2.05) is 128 Å². The summed E-state index contributed by atoms with van der Waals surface area (Å²) in [6.45, 7) is 16.7. The van der Waals surface area contributed by atoms with Crippen LogP contribution in [0.1, 0.15) is 98.3 Å². The minimum Gasteiger partial charge on any atom is -0.380 e. The average Bonchev–Trinajstić information content (AvgIpc) is 3.21. The molecule has 0 spiro atoms. The number of nitrogens with one attached hydrogen (secondary N) is 2. The van der Waals surface area contributed by atoms with Crippen molar-refractivity contribution >= 4 is 47.7 Å². The molecule has 3 N–H and O–H groups in total.